The third-order valence-corrected chi connectivity index (χ3v) is 6.20. The number of carbonyl (C=O) groups is 3. The molecule has 0 aliphatic carbocycles. The summed E-state index contributed by atoms with van der Waals surface area (Å²) in [4.78, 5) is 40.9. The fourth-order valence-electron chi connectivity index (χ4n) is 4.27. The molecule has 2 saturated heterocycles. The summed E-state index contributed by atoms with van der Waals surface area (Å²) in [6.45, 7) is 2.90. The lowest BCUT2D eigenvalue weighted by Gasteiger charge is -2.23. The van der Waals surface area contributed by atoms with Gasteiger partial charge in [0.25, 0.3) is 5.91 Å². The average Bonchev–Trinajstić information content (AvgIpc) is 2.99. The number of urea groups is 1. The van der Waals surface area contributed by atoms with E-state index in [-0.39, 0.29) is 5.56 Å². The van der Waals surface area contributed by atoms with Crippen molar-refractivity contribution in [2.75, 3.05) is 29.9 Å². The number of amides is 4. The van der Waals surface area contributed by atoms with Gasteiger partial charge in [-0.2, -0.15) is 0 Å². The Bertz CT molecular complexity index is 1070. The van der Waals surface area contributed by atoms with Gasteiger partial charge in [0.2, 0.25) is 5.91 Å². The molecule has 0 spiro atoms. The van der Waals surface area contributed by atoms with Crippen molar-refractivity contribution in [3.63, 3.8) is 0 Å². The molecule has 2 N–H and O–H groups in total. The van der Waals surface area contributed by atoms with E-state index in [4.69, 9.17) is 0 Å². The number of hydrogen-bond acceptors (Lipinski definition) is 4. The van der Waals surface area contributed by atoms with E-state index in [2.05, 4.69) is 15.5 Å². The maximum atomic E-state index is 13.7. The number of nitrogens with one attached hydrogen (secondary N) is 2. The van der Waals surface area contributed by atoms with Gasteiger partial charge in [-0.15, -0.1) is 0 Å². The standard InChI is InChI=1S/C24H26F2N4O3/c1-24(16-6-11-19(25)20(26)14-16)22(32)30(23(33)28-24)15-21(31)27-17-7-9-18(10-8-17)29-12-4-2-3-5-13-29/h6-11,14H,2-5,12-13,15H2,1H3,(H,27,31)(H,28,33). The molecule has 1 atom stereocenters. The van der Waals surface area contributed by atoms with Crippen LogP contribution in [-0.4, -0.2) is 42.4 Å². The van der Waals surface area contributed by atoms with Gasteiger partial charge in [0.15, 0.2) is 11.6 Å². The van der Waals surface area contributed by atoms with Crippen LogP contribution in [0.15, 0.2) is 42.5 Å². The molecule has 2 aromatic carbocycles. The minimum absolute atomic E-state index is 0.0896. The van der Waals surface area contributed by atoms with Crippen LogP contribution in [0.4, 0.5) is 25.0 Å². The quantitative estimate of drug-likeness (QED) is 0.672. The molecule has 7 nitrogen and oxygen atoms in total. The average molecular weight is 456 g/mol. The first-order chi connectivity index (χ1) is 15.8. The number of benzene rings is 2. The molecule has 0 aromatic heterocycles. The first-order valence-corrected chi connectivity index (χ1v) is 11.0. The molecule has 1 unspecified atom stereocenters. The SMILES string of the molecule is CC1(c2ccc(F)c(F)c2)NC(=O)N(CC(=O)Nc2ccc(N3CCCCCC3)cc2)C1=O. The van der Waals surface area contributed by atoms with Crippen molar-refractivity contribution in [1.82, 2.24) is 10.2 Å². The molecule has 4 rings (SSSR count). The van der Waals surface area contributed by atoms with Crippen molar-refractivity contribution in [2.24, 2.45) is 0 Å². The third kappa shape index (κ3) is 4.67. The molecule has 9 heteroatoms. The van der Waals surface area contributed by atoms with E-state index >= 15 is 0 Å². The van der Waals surface area contributed by atoms with E-state index in [9.17, 15) is 23.2 Å². The lowest BCUT2D eigenvalue weighted by molar-refractivity contribution is -0.133. The lowest BCUT2D eigenvalue weighted by Crippen LogP contribution is -2.42. The van der Waals surface area contributed by atoms with Gasteiger partial charge in [-0.1, -0.05) is 18.9 Å². The van der Waals surface area contributed by atoms with Gasteiger partial charge in [-0.05, 0) is 61.7 Å². The first kappa shape index (κ1) is 22.7. The second-order valence-electron chi connectivity index (χ2n) is 8.57. The lowest BCUT2D eigenvalue weighted by atomic mass is 9.92. The monoisotopic (exact) mass is 456 g/mol. The summed E-state index contributed by atoms with van der Waals surface area (Å²) in [5.41, 5.74) is 0.132. The maximum Gasteiger partial charge on any atom is 0.325 e. The molecule has 2 aliphatic heterocycles. The summed E-state index contributed by atoms with van der Waals surface area (Å²) in [7, 11) is 0. The predicted molar refractivity (Wildman–Crippen MR) is 120 cm³/mol. The number of rotatable bonds is 5. The van der Waals surface area contributed by atoms with Crippen molar-refractivity contribution in [3.8, 4) is 0 Å². The van der Waals surface area contributed by atoms with Gasteiger partial charge in [-0.3, -0.25) is 14.5 Å². The van der Waals surface area contributed by atoms with E-state index in [1.54, 1.807) is 12.1 Å². The smallest absolute Gasteiger partial charge is 0.325 e. The summed E-state index contributed by atoms with van der Waals surface area (Å²) in [5.74, 6) is -3.45. The fourth-order valence-corrected chi connectivity index (χ4v) is 4.27. The van der Waals surface area contributed by atoms with Gasteiger partial charge < -0.3 is 15.5 Å². The molecular formula is C24H26F2N4O3. The van der Waals surface area contributed by atoms with Crippen molar-refractivity contribution in [1.29, 1.82) is 0 Å². The highest BCUT2D eigenvalue weighted by molar-refractivity contribution is 6.10. The Labute approximate surface area is 190 Å². The maximum absolute atomic E-state index is 13.7. The normalized spacial score (nSPS) is 21.1. The van der Waals surface area contributed by atoms with Crippen LogP contribution in [0, 0.1) is 11.6 Å². The number of imide groups is 1. The van der Waals surface area contributed by atoms with Crippen LogP contribution in [0.2, 0.25) is 0 Å². The van der Waals surface area contributed by atoms with Gasteiger partial charge in [0, 0.05) is 24.5 Å². The van der Waals surface area contributed by atoms with Crippen LogP contribution in [0.25, 0.3) is 0 Å². The zero-order valence-electron chi connectivity index (χ0n) is 18.4. The fraction of sp³-hybridized carbons (Fsp3) is 0.375. The summed E-state index contributed by atoms with van der Waals surface area (Å²) >= 11 is 0. The summed E-state index contributed by atoms with van der Waals surface area (Å²) in [6.07, 6.45) is 4.80. The van der Waals surface area contributed by atoms with Crippen LogP contribution in [-0.2, 0) is 15.1 Å². The predicted octanol–water partition coefficient (Wildman–Crippen LogP) is 3.75. The van der Waals surface area contributed by atoms with E-state index in [0.29, 0.717) is 5.69 Å². The molecule has 2 aliphatic rings. The highest BCUT2D eigenvalue weighted by atomic mass is 19.2. The minimum Gasteiger partial charge on any atom is -0.372 e. The van der Waals surface area contributed by atoms with Gasteiger partial charge in [-0.25, -0.2) is 13.6 Å². The van der Waals surface area contributed by atoms with E-state index in [1.807, 2.05) is 12.1 Å². The van der Waals surface area contributed by atoms with Crippen LogP contribution in [0.3, 0.4) is 0 Å². The Balaban J connectivity index is 1.40. The molecule has 2 fully saturated rings. The number of anilines is 2. The second-order valence-corrected chi connectivity index (χ2v) is 8.57. The Morgan fingerprint density at radius 2 is 1.67 bits per heavy atom. The van der Waals surface area contributed by atoms with Gasteiger partial charge in [0.05, 0.1) is 0 Å². The molecule has 2 aromatic rings. The number of halogens is 2. The minimum atomic E-state index is -1.60. The summed E-state index contributed by atoms with van der Waals surface area (Å²) in [6, 6.07) is 9.66. The van der Waals surface area contributed by atoms with Crippen molar-refractivity contribution in [2.45, 2.75) is 38.1 Å². The Kier molecular flexibility index (Phi) is 6.31. The largest absolute Gasteiger partial charge is 0.372 e. The Morgan fingerprint density at radius 3 is 2.30 bits per heavy atom. The molecule has 174 valence electrons. The van der Waals surface area contributed by atoms with Crippen molar-refractivity contribution < 1.29 is 23.2 Å². The van der Waals surface area contributed by atoms with Gasteiger partial charge in [0.1, 0.15) is 12.1 Å². The topological polar surface area (TPSA) is 81.8 Å². The van der Waals surface area contributed by atoms with Crippen LogP contribution >= 0.6 is 0 Å². The molecule has 0 bridgehead atoms. The molecule has 2 heterocycles. The first-order valence-electron chi connectivity index (χ1n) is 11.0. The summed E-state index contributed by atoms with van der Waals surface area (Å²) < 4.78 is 26.9. The number of nitrogens with zero attached hydrogens (tertiary/aromatic N) is 2. The Morgan fingerprint density at radius 1 is 1.00 bits per heavy atom. The van der Waals surface area contributed by atoms with Crippen molar-refractivity contribution in [3.05, 3.63) is 59.7 Å². The highest BCUT2D eigenvalue weighted by Crippen LogP contribution is 2.30. The van der Waals surface area contributed by atoms with E-state index in [1.165, 1.54) is 25.8 Å². The van der Waals surface area contributed by atoms with Gasteiger partial charge >= 0.3 is 6.03 Å². The third-order valence-electron chi connectivity index (χ3n) is 6.20. The van der Waals surface area contributed by atoms with E-state index in [0.717, 1.165) is 48.7 Å². The summed E-state index contributed by atoms with van der Waals surface area (Å²) in [5, 5.41) is 5.17. The van der Waals surface area contributed by atoms with Crippen LogP contribution in [0.1, 0.15) is 38.2 Å². The molecule has 33 heavy (non-hydrogen) atoms. The van der Waals surface area contributed by atoms with Crippen molar-refractivity contribution >= 4 is 29.2 Å². The molecule has 4 amide bonds. The molecular weight excluding hydrogens is 430 g/mol. The molecule has 0 radical (unpaired) electrons. The number of carbonyl (C=O) groups excluding carboxylic acids is 3. The highest BCUT2D eigenvalue weighted by Gasteiger charge is 2.49. The zero-order valence-corrected chi connectivity index (χ0v) is 18.4. The second kappa shape index (κ2) is 9.17. The van der Waals surface area contributed by atoms with Crippen LogP contribution < -0.4 is 15.5 Å². The number of hydrogen-bond donors (Lipinski definition) is 2. The molecule has 0 saturated carbocycles. The van der Waals surface area contributed by atoms with Crippen LogP contribution in [0.5, 0.6) is 0 Å². The Hall–Kier alpha value is -3.49. The van der Waals surface area contributed by atoms with E-state index < -0.39 is 41.6 Å². The zero-order chi connectivity index (χ0) is 23.6.